The third kappa shape index (κ3) is 3.87. The Morgan fingerprint density at radius 3 is 1.97 bits per heavy atom. The van der Waals surface area contributed by atoms with Gasteiger partial charge in [-0.05, 0) is 25.0 Å². The molecule has 1 saturated heterocycles. The summed E-state index contributed by atoms with van der Waals surface area (Å²) in [5.74, 6) is 0.581. The zero-order chi connectivity index (χ0) is 22.0. The fourth-order valence-electron chi connectivity index (χ4n) is 4.30. The number of imide groups is 1. The fourth-order valence-corrected chi connectivity index (χ4v) is 4.30. The molecule has 2 aliphatic heterocycles. The van der Waals surface area contributed by atoms with E-state index in [1.165, 1.54) is 4.90 Å². The van der Waals surface area contributed by atoms with Crippen molar-refractivity contribution in [1.82, 2.24) is 19.6 Å². The number of benzene rings is 2. The van der Waals surface area contributed by atoms with E-state index in [0.717, 1.165) is 30.2 Å². The number of urea groups is 1. The molecule has 2 aromatic rings. The van der Waals surface area contributed by atoms with Gasteiger partial charge in [0, 0.05) is 26.7 Å². The zero-order valence-corrected chi connectivity index (χ0v) is 18.3. The van der Waals surface area contributed by atoms with Crippen LogP contribution in [0.25, 0.3) is 0 Å². The lowest BCUT2D eigenvalue weighted by Gasteiger charge is -2.42. The Morgan fingerprint density at radius 2 is 1.42 bits per heavy atom. The number of nitrogens with zero attached hydrogens (tertiary/aromatic N) is 5. The molecule has 4 rings (SSSR count). The van der Waals surface area contributed by atoms with Crippen LogP contribution in [0, 0.1) is 0 Å². The lowest BCUT2D eigenvalue weighted by Crippen LogP contribution is -2.65. The minimum atomic E-state index is -0.540. The maximum Gasteiger partial charge on any atom is 0.328 e. The van der Waals surface area contributed by atoms with Gasteiger partial charge in [-0.2, -0.15) is 0 Å². The molecule has 2 aromatic carbocycles. The van der Waals surface area contributed by atoms with Crippen LogP contribution < -0.4 is 0 Å². The normalized spacial score (nSPS) is 20.7. The molecule has 7 nitrogen and oxygen atoms in total. The Balaban J connectivity index is 1.69. The molecule has 2 unspecified atom stereocenters. The Kier molecular flexibility index (Phi) is 5.93. The molecular formula is C24H29N5O2. The number of hydrogen-bond donors (Lipinski definition) is 0. The summed E-state index contributed by atoms with van der Waals surface area (Å²) in [6, 6.07) is 18.9. The molecular weight excluding hydrogens is 390 g/mol. The van der Waals surface area contributed by atoms with Crippen molar-refractivity contribution in [2.75, 3.05) is 20.1 Å². The molecule has 0 aliphatic carbocycles. The maximum atomic E-state index is 13.7. The summed E-state index contributed by atoms with van der Waals surface area (Å²) >= 11 is 0. The van der Waals surface area contributed by atoms with Crippen LogP contribution in [0.5, 0.6) is 0 Å². The van der Waals surface area contributed by atoms with E-state index in [1.807, 2.05) is 48.5 Å². The number of fused-ring (bicyclic) bond motifs is 1. The molecule has 0 bridgehead atoms. The van der Waals surface area contributed by atoms with Crippen molar-refractivity contribution in [1.29, 1.82) is 0 Å². The molecule has 7 heteroatoms. The molecule has 3 amide bonds. The minimum absolute atomic E-state index is 0.196. The Hall–Kier alpha value is -3.35. The first kappa shape index (κ1) is 20.9. The van der Waals surface area contributed by atoms with Gasteiger partial charge in [-0.3, -0.25) is 9.69 Å². The first-order valence-electron chi connectivity index (χ1n) is 10.8. The average Bonchev–Trinajstić information content (AvgIpc) is 3.17. The van der Waals surface area contributed by atoms with Crippen molar-refractivity contribution in [3.8, 4) is 0 Å². The lowest BCUT2D eigenvalue weighted by atomic mass is 10.1. The molecule has 31 heavy (non-hydrogen) atoms. The molecule has 0 saturated carbocycles. The topological polar surface area (TPSA) is 59.5 Å². The number of hydrogen-bond acceptors (Lipinski definition) is 5. The van der Waals surface area contributed by atoms with Crippen LogP contribution in [-0.2, 0) is 17.9 Å². The van der Waals surface area contributed by atoms with Gasteiger partial charge in [0.2, 0.25) is 0 Å². The second kappa shape index (κ2) is 8.79. The molecule has 0 aromatic heterocycles. The number of amides is 3. The zero-order valence-electron chi connectivity index (χ0n) is 18.3. The largest absolute Gasteiger partial charge is 0.343 e. The second-order valence-corrected chi connectivity index (χ2v) is 7.88. The van der Waals surface area contributed by atoms with E-state index in [0.29, 0.717) is 6.54 Å². The highest BCUT2D eigenvalue weighted by Crippen LogP contribution is 2.31. The lowest BCUT2D eigenvalue weighted by molar-refractivity contribution is -0.138. The first-order valence-corrected chi connectivity index (χ1v) is 10.8. The van der Waals surface area contributed by atoms with Gasteiger partial charge in [0.1, 0.15) is 0 Å². The summed E-state index contributed by atoms with van der Waals surface area (Å²) in [7, 11) is 1.74. The van der Waals surface area contributed by atoms with Crippen molar-refractivity contribution in [3.05, 3.63) is 71.8 Å². The van der Waals surface area contributed by atoms with Crippen LogP contribution in [0.3, 0.4) is 0 Å². The second-order valence-electron chi connectivity index (χ2n) is 7.88. The van der Waals surface area contributed by atoms with Crippen molar-refractivity contribution < 1.29 is 9.59 Å². The highest BCUT2D eigenvalue weighted by atomic mass is 16.2. The van der Waals surface area contributed by atoms with Crippen molar-refractivity contribution in [2.24, 2.45) is 4.99 Å². The number of carbonyl (C=O) groups excluding carboxylic acids is 2. The number of aliphatic imine (C=N–C) groups is 1. The van der Waals surface area contributed by atoms with E-state index in [1.54, 1.807) is 11.9 Å². The summed E-state index contributed by atoms with van der Waals surface area (Å²) in [5.41, 5.74) is 2.03. The summed E-state index contributed by atoms with van der Waals surface area (Å²) in [5, 5.41) is 0. The number of likely N-dealkylation sites (N-methyl/N-ethyl adjacent to an activating group) is 1. The number of carbonyl (C=O) groups is 2. The van der Waals surface area contributed by atoms with Crippen LogP contribution in [-0.4, -0.2) is 69.8 Å². The molecule has 2 heterocycles. The summed E-state index contributed by atoms with van der Waals surface area (Å²) < 4.78 is 0. The van der Waals surface area contributed by atoms with E-state index < -0.39 is 12.2 Å². The molecule has 0 N–H and O–H groups in total. The van der Waals surface area contributed by atoms with Gasteiger partial charge in [0.25, 0.3) is 5.91 Å². The van der Waals surface area contributed by atoms with Gasteiger partial charge in [0.05, 0.1) is 6.54 Å². The van der Waals surface area contributed by atoms with Gasteiger partial charge >= 0.3 is 6.03 Å². The summed E-state index contributed by atoms with van der Waals surface area (Å²) in [6.07, 6.45) is -0.522. The van der Waals surface area contributed by atoms with E-state index in [4.69, 9.17) is 4.99 Å². The Labute approximate surface area is 183 Å². The standard InChI is InChI=1S/C24H29N5O2/c1-4-27(5-2)23-25-21-20(28(23)16-18-12-8-6-9-13-18)22(30)29(24(31)26(21)3)17-19-14-10-7-11-15-19/h6-15,20-21H,4-5,16-17H2,1-3H3. The number of rotatable bonds is 6. The highest BCUT2D eigenvalue weighted by molar-refractivity contribution is 6.03. The maximum absolute atomic E-state index is 13.7. The van der Waals surface area contributed by atoms with Crippen molar-refractivity contribution in [2.45, 2.75) is 39.1 Å². The van der Waals surface area contributed by atoms with Gasteiger partial charge in [0.15, 0.2) is 18.2 Å². The Morgan fingerprint density at radius 1 is 0.871 bits per heavy atom. The molecule has 2 atom stereocenters. The van der Waals surface area contributed by atoms with Crippen molar-refractivity contribution >= 4 is 17.9 Å². The smallest absolute Gasteiger partial charge is 0.328 e. The highest BCUT2D eigenvalue weighted by Gasteiger charge is 2.52. The third-order valence-electron chi connectivity index (χ3n) is 6.00. The molecule has 162 valence electrons. The van der Waals surface area contributed by atoms with Crippen LogP contribution >= 0.6 is 0 Å². The quantitative estimate of drug-likeness (QED) is 0.722. The van der Waals surface area contributed by atoms with Gasteiger partial charge < -0.3 is 14.7 Å². The van der Waals surface area contributed by atoms with Gasteiger partial charge in [-0.25, -0.2) is 9.79 Å². The van der Waals surface area contributed by atoms with Crippen LogP contribution in [0.1, 0.15) is 25.0 Å². The first-order chi connectivity index (χ1) is 15.0. The average molecular weight is 420 g/mol. The van der Waals surface area contributed by atoms with E-state index >= 15 is 0 Å². The predicted molar refractivity (Wildman–Crippen MR) is 120 cm³/mol. The summed E-state index contributed by atoms with van der Waals surface area (Å²) in [6.45, 7) is 6.52. The third-order valence-corrected chi connectivity index (χ3v) is 6.00. The van der Waals surface area contributed by atoms with Crippen LogP contribution in [0.2, 0.25) is 0 Å². The monoisotopic (exact) mass is 419 g/mol. The summed E-state index contributed by atoms with van der Waals surface area (Å²) in [4.78, 5) is 38.8. The van der Waals surface area contributed by atoms with Crippen molar-refractivity contribution in [3.63, 3.8) is 0 Å². The molecule has 1 fully saturated rings. The molecule has 2 aliphatic rings. The number of guanidine groups is 1. The van der Waals surface area contributed by atoms with Crippen LogP contribution in [0.4, 0.5) is 4.79 Å². The van der Waals surface area contributed by atoms with Crippen LogP contribution in [0.15, 0.2) is 65.7 Å². The minimum Gasteiger partial charge on any atom is -0.343 e. The van der Waals surface area contributed by atoms with E-state index in [9.17, 15) is 9.59 Å². The Bertz CT molecular complexity index is 958. The SMILES string of the molecule is CCN(CC)C1=NC2C(C(=O)N(Cc3ccccc3)C(=O)N2C)N1Cc1ccccc1. The molecule has 0 radical (unpaired) electrons. The van der Waals surface area contributed by atoms with E-state index in [-0.39, 0.29) is 18.5 Å². The fraction of sp³-hybridized carbons (Fsp3) is 0.375. The molecule has 0 spiro atoms. The predicted octanol–water partition coefficient (Wildman–Crippen LogP) is 2.99. The van der Waals surface area contributed by atoms with Gasteiger partial charge in [-0.15, -0.1) is 0 Å². The van der Waals surface area contributed by atoms with E-state index in [2.05, 4.69) is 35.8 Å². The van der Waals surface area contributed by atoms with Gasteiger partial charge in [-0.1, -0.05) is 60.7 Å².